The minimum absolute atomic E-state index is 0.271. The summed E-state index contributed by atoms with van der Waals surface area (Å²) in [6.07, 6.45) is 1.76. The Morgan fingerprint density at radius 2 is 1.67 bits per heavy atom. The van der Waals surface area contributed by atoms with Crippen molar-refractivity contribution in [2.75, 3.05) is 11.9 Å². The Morgan fingerprint density at radius 1 is 0.978 bits per heavy atom. The lowest BCUT2D eigenvalue weighted by Gasteiger charge is -2.25. The Labute approximate surface area is 279 Å². The van der Waals surface area contributed by atoms with E-state index in [1.54, 1.807) is 41.8 Å². The van der Waals surface area contributed by atoms with E-state index in [1.807, 2.05) is 79.7 Å². The van der Waals surface area contributed by atoms with Gasteiger partial charge < -0.3 is 14.8 Å². The fourth-order valence-corrected chi connectivity index (χ4v) is 6.69. The highest BCUT2D eigenvalue weighted by Crippen LogP contribution is 2.38. The van der Waals surface area contributed by atoms with E-state index in [-0.39, 0.29) is 18.1 Å². The van der Waals surface area contributed by atoms with Gasteiger partial charge in [0.1, 0.15) is 6.61 Å². The highest BCUT2D eigenvalue weighted by atomic mass is 35.5. The minimum atomic E-state index is -0.672. The molecule has 1 aliphatic heterocycles. The molecule has 1 amide bonds. The monoisotopic (exact) mass is 669 g/mol. The lowest BCUT2D eigenvalue weighted by Crippen LogP contribution is -2.40. The summed E-state index contributed by atoms with van der Waals surface area (Å²) in [5, 5.41) is 3.95. The Hall–Kier alpha value is -4.63. The molecule has 7 nitrogen and oxygen atoms in total. The molecule has 232 valence electrons. The topological polar surface area (TPSA) is 81.9 Å². The van der Waals surface area contributed by atoms with E-state index < -0.39 is 6.04 Å². The minimum Gasteiger partial charge on any atom is -0.490 e. The maximum Gasteiger partial charge on any atom is 0.271 e. The summed E-state index contributed by atoms with van der Waals surface area (Å²) < 4.78 is 14.0. The molecule has 1 aliphatic rings. The largest absolute Gasteiger partial charge is 0.490 e. The maximum absolute atomic E-state index is 14.1. The molecule has 0 saturated carbocycles. The van der Waals surface area contributed by atoms with Crippen LogP contribution in [0.25, 0.3) is 6.08 Å². The van der Waals surface area contributed by atoms with Gasteiger partial charge in [-0.1, -0.05) is 95.2 Å². The first kappa shape index (κ1) is 31.4. The third-order valence-electron chi connectivity index (χ3n) is 7.34. The Morgan fingerprint density at radius 3 is 2.37 bits per heavy atom. The van der Waals surface area contributed by atoms with E-state index in [1.165, 1.54) is 11.3 Å². The molecule has 0 radical (unpaired) electrons. The van der Waals surface area contributed by atoms with E-state index in [0.29, 0.717) is 60.0 Å². The van der Waals surface area contributed by atoms with Gasteiger partial charge in [-0.05, 0) is 73.0 Å². The molecule has 46 heavy (non-hydrogen) atoms. The molecule has 10 heteroatoms. The molecular weight excluding hydrogens is 641 g/mol. The number of hydrogen-bond acceptors (Lipinski definition) is 6. The number of carbonyl (C=O) groups excluding carboxylic acids is 1. The van der Waals surface area contributed by atoms with E-state index in [0.717, 1.165) is 11.1 Å². The van der Waals surface area contributed by atoms with E-state index in [4.69, 9.17) is 37.7 Å². The van der Waals surface area contributed by atoms with Crippen molar-refractivity contribution in [1.29, 1.82) is 0 Å². The van der Waals surface area contributed by atoms with Crippen molar-refractivity contribution in [2.24, 2.45) is 4.99 Å². The fraction of sp³-hybridized carbons (Fsp3) is 0.139. The van der Waals surface area contributed by atoms with Crippen LogP contribution < -0.4 is 29.7 Å². The number of halogens is 2. The molecule has 0 saturated heterocycles. The van der Waals surface area contributed by atoms with Gasteiger partial charge in [0.05, 0.1) is 33.5 Å². The SMILES string of the molecule is CCOc1cc(/C=c2\sc3n(c2=O)[C@H](c2ccccc2)C(C(=O)Nc2ccccc2)=C(C)N=3)cc(Cl)c1OCc1ccc(Cl)cc1. The second-order valence-electron chi connectivity index (χ2n) is 10.5. The van der Waals surface area contributed by atoms with Crippen molar-refractivity contribution in [3.63, 3.8) is 0 Å². The van der Waals surface area contributed by atoms with Crippen molar-refractivity contribution in [2.45, 2.75) is 26.5 Å². The van der Waals surface area contributed by atoms with Gasteiger partial charge in [0.2, 0.25) is 0 Å². The highest BCUT2D eigenvalue weighted by molar-refractivity contribution is 7.07. The third-order valence-corrected chi connectivity index (χ3v) is 8.85. The summed E-state index contributed by atoms with van der Waals surface area (Å²) in [5.41, 5.74) is 3.70. The number of carbonyl (C=O) groups is 1. The summed E-state index contributed by atoms with van der Waals surface area (Å²) in [6, 6.07) is 28.9. The van der Waals surface area contributed by atoms with Gasteiger partial charge >= 0.3 is 0 Å². The van der Waals surface area contributed by atoms with Crippen LogP contribution in [0.1, 0.15) is 36.6 Å². The number of amides is 1. The molecule has 6 rings (SSSR count). The van der Waals surface area contributed by atoms with Gasteiger partial charge in [-0.15, -0.1) is 0 Å². The number of thiazole rings is 1. The van der Waals surface area contributed by atoms with Crippen LogP contribution in [0.3, 0.4) is 0 Å². The second kappa shape index (κ2) is 13.8. The van der Waals surface area contributed by atoms with Crippen molar-refractivity contribution in [3.8, 4) is 11.5 Å². The zero-order chi connectivity index (χ0) is 32.2. The van der Waals surface area contributed by atoms with Gasteiger partial charge in [0, 0.05) is 10.7 Å². The molecule has 0 aliphatic carbocycles. The molecule has 0 spiro atoms. The number of nitrogens with zero attached hydrogens (tertiary/aromatic N) is 2. The van der Waals surface area contributed by atoms with E-state index in [2.05, 4.69) is 5.32 Å². The second-order valence-corrected chi connectivity index (χ2v) is 12.3. The number of allylic oxidation sites excluding steroid dienone is 1. The number of para-hydroxylation sites is 1. The van der Waals surface area contributed by atoms with Gasteiger partial charge in [-0.2, -0.15) is 0 Å². The smallest absolute Gasteiger partial charge is 0.271 e. The average molecular weight is 671 g/mol. The maximum atomic E-state index is 14.1. The summed E-state index contributed by atoms with van der Waals surface area (Å²) in [5.74, 6) is 0.546. The number of rotatable bonds is 9. The lowest BCUT2D eigenvalue weighted by atomic mass is 9.95. The Balaban J connectivity index is 1.39. The van der Waals surface area contributed by atoms with Crippen molar-refractivity contribution in [3.05, 3.63) is 155 Å². The zero-order valence-electron chi connectivity index (χ0n) is 25.0. The van der Waals surface area contributed by atoms with Crippen LogP contribution in [0, 0.1) is 0 Å². The molecule has 0 bridgehead atoms. The van der Waals surface area contributed by atoms with Gasteiger partial charge in [-0.3, -0.25) is 14.2 Å². The van der Waals surface area contributed by atoms with Crippen LogP contribution >= 0.6 is 34.5 Å². The summed E-state index contributed by atoms with van der Waals surface area (Å²) in [6.45, 7) is 4.33. The number of hydrogen-bond donors (Lipinski definition) is 1. The molecule has 1 aromatic heterocycles. The molecular formula is C36H29Cl2N3O4S. The van der Waals surface area contributed by atoms with Crippen LogP contribution in [0.5, 0.6) is 11.5 Å². The number of aromatic nitrogens is 1. The summed E-state index contributed by atoms with van der Waals surface area (Å²) in [7, 11) is 0. The molecule has 1 atom stereocenters. The first-order valence-electron chi connectivity index (χ1n) is 14.6. The summed E-state index contributed by atoms with van der Waals surface area (Å²) in [4.78, 5) is 33.0. The molecule has 0 fully saturated rings. The first-order valence-corrected chi connectivity index (χ1v) is 16.2. The normalized spacial score (nSPS) is 14.4. The van der Waals surface area contributed by atoms with Crippen molar-refractivity contribution in [1.82, 2.24) is 4.57 Å². The zero-order valence-corrected chi connectivity index (χ0v) is 27.3. The van der Waals surface area contributed by atoms with Crippen molar-refractivity contribution >= 4 is 52.2 Å². The predicted octanol–water partition coefficient (Wildman–Crippen LogP) is 7.16. The average Bonchev–Trinajstić information content (AvgIpc) is 3.35. The summed E-state index contributed by atoms with van der Waals surface area (Å²) >= 11 is 14.0. The van der Waals surface area contributed by atoms with Crippen LogP contribution in [-0.4, -0.2) is 17.1 Å². The van der Waals surface area contributed by atoms with Crippen LogP contribution in [0.15, 0.2) is 118 Å². The van der Waals surface area contributed by atoms with E-state index >= 15 is 0 Å². The van der Waals surface area contributed by atoms with Gasteiger partial charge in [0.25, 0.3) is 11.5 Å². The Kier molecular flexibility index (Phi) is 9.40. The number of benzene rings is 4. The number of nitrogens with one attached hydrogen (secondary N) is 1. The molecule has 1 N–H and O–H groups in total. The van der Waals surface area contributed by atoms with Crippen molar-refractivity contribution < 1.29 is 14.3 Å². The van der Waals surface area contributed by atoms with Crippen LogP contribution in [0.2, 0.25) is 10.0 Å². The van der Waals surface area contributed by atoms with Gasteiger partial charge in [-0.25, -0.2) is 4.99 Å². The van der Waals surface area contributed by atoms with Gasteiger partial charge in [0.15, 0.2) is 16.3 Å². The molecule has 2 heterocycles. The quantitative estimate of drug-likeness (QED) is 0.181. The predicted molar refractivity (Wildman–Crippen MR) is 184 cm³/mol. The number of fused-ring (bicyclic) bond motifs is 1. The first-order chi connectivity index (χ1) is 22.3. The molecule has 0 unspecified atom stereocenters. The van der Waals surface area contributed by atoms with E-state index in [9.17, 15) is 9.59 Å². The fourth-order valence-electron chi connectivity index (χ4n) is 5.24. The molecule has 4 aromatic carbocycles. The van der Waals surface area contributed by atoms with Crippen LogP contribution in [-0.2, 0) is 11.4 Å². The van der Waals surface area contributed by atoms with Crippen LogP contribution in [0.4, 0.5) is 5.69 Å². The molecule has 5 aromatic rings. The third kappa shape index (κ3) is 6.65. The highest BCUT2D eigenvalue weighted by Gasteiger charge is 2.32. The number of anilines is 1. The number of ether oxygens (including phenoxy) is 2. The standard InChI is InChI=1S/C36H29Cl2N3O4S/c1-3-44-29-19-24(18-28(38)33(29)45-21-23-14-16-26(37)17-15-23)20-30-35(43)41-32(25-10-6-4-7-11-25)31(22(2)39-36(41)46-30)34(42)40-27-12-8-5-9-13-27/h4-20,32H,3,21H2,1-2H3,(H,40,42)/b30-20-/t32-/m1/s1. The Bertz CT molecular complexity index is 2110. The lowest BCUT2D eigenvalue weighted by molar-refractivity contribution is -0.113.